The molecule has 0 bridgehead atoms. The van der Waals surface area contributed by atoms with Gasteiger partial charge in [0.05, 0.1) is 11.0 Å². The average molecular weight is 197 g/mol. The Kier molecular flexibility index (Phi) is 1.70. The van der Waals surface area contributed by atoms with Gasteiger partial charge in [0.15, 0.2) is 0 Å². The summed E-state index contributed by atoms with van der Waals surface area (Å²) in [6, 6.07) is 4.98. The number of aromatic nitrogens is 2. The van der Waals surface area contributed by atoms with Crippen LogP contribution in [-0.2, 0) is 0 Å². The number of carboxylic acids is 1. The van der Waals surface area contributed by atoms with Crippen molar-refractivity contribution in [3.8, 4) is 0 Å². The van der Waals surface area contributed by atoms with Gasteiger partial charge in [0, 0.05) is 5.02 Å². The van der Waals surface area contributed by atoms with Crippen LogP contribution in [0.25, 0.3) is 11.0 Å². The predicted molar refractivity (Wildman–Crippen MR) is 48.1 cm³/mol. The van der Waals surface area contributed by atoms with Crippen LogP contribution in [0, 0.1) is 0 Å². The number of carboxylic acid groups (broad SMARTS) is 1. The average Bonchev–Trinajstić information content (AvgIpc) is 2.46. The molecule has 0 saturated carbocycles. The van der Waals surface area contributed by atoms with E-state index >= 15 is 0 Å². The minimum atomic E-state index is -1.08. The molecule has 1 aromatic heterocycles. The van der Waals surface area contributed by atoms with Gasteiger partial charge in [-0.05, 0) is 18.2 Å². The minimum Gasteiger partial charge on any atom is -0.475 e. The van der Waals surface area contributed by atoms with Crippen molar-refractivity contribution in [3.63, 3.8) is 0 Å². The smallest absolute Gasteiger partial charge is 0.371 e. The number of aromatic carboxylic acids is 1. The summed E-state index contributed by atoms with van der Waals surface area (Å²) in [7, 11) is 0. The van der Waals surface area contributed by atoms with Crippen LogP contribution in [-0.4, -0.2) is 21.0 Å². The molecule has 2 N–H and O–H groups in total. The summed E-state index contributed by atoms with van der Waals surface area (Å²) in [5.74, 6) is -1.15. The van der Waals surface area contributed by atoms with E-state index in [-0.39, 0.29) is 5.82 Å². The van der Waals surface area contributed by atoms with Gasteiger partial charge in [0.2, 0.25) is 5.82 Å². The predicted octanol–water partition coefficient (Wildman–Crippen LogP) is 1.91. The van der Waals surface area contributed by atoms with Crippen molar-refractivity contribution >= 4 is 28.6 Å². The van der Waals surface area contributed by atoms with Gasteiger partial charge < -0.3 is 10.1 Å². The van der Waals surface area contributed by atoms with E-state index in [1.54, 1.807) is 18.2 Å². The number of nitrogens with zero attached hydrogens (tertiary/aromatic N) is 1. The normalized spacial score (nSPS) is 10.5. The molecule has 0 atom stereocenters. The van der Waals surface area contributed by atoms with E-state index < -0.39 is 5.97 Å². The van der Waals surface area contributed by atoms with E-state index in [1.165, 1.54) is 0 Å². The third-order valence-electron chi connectivity index (χ3n) is 1.65. The third-order valence-corrected chi connectivity index (χ3v) is 1.88. The highest BCUT2D eigenvalue weighted by atomic mass is 35.5. The second-order valence-electron chi connectivity index (χ2n) is 2.55. The quantitative estimate of drug-likeness (QED) is 0.732. The number of hydrogen-bond acceptors (Lipinski definition) is 2. The number of hydrogen-bond donors (Lipinski definition) is 2. The molecule has 0 unspecified atom stereocenters. The highest BCUT2D eigenvalue weighted by Crippen LogP contribution is 2.16. The molecule has 1 heterocycles. The molecule has 0 saturated heterocycles. The van der Waals surface area contributed by atoms with E-state index in [1.807, 2.05) is 0 Å². The van der Waals surface area contributed by atoms with Crippen LogP contribution >= 0.6 is 11.6 Å². The zero-order chi connectivity index (χ0) is 9.42. The molecule has 0 radical (unpaired) electrons. The van der Waals surface area contributed by atoms with Crippen molar-refractivity contribution in [1.29, 1.82) is 0 Å². The van der Waals surface area contributed by atoms with Crippen LogP contribution < -0.4 is 0 Å². The largest absolute Gasteiger partial charge is 0.475 e. The Morgan fingerprint density at radius 1 is 1.54 bits per heavy atom. The van der Waals surface area contributed by atoms with Crippen LogP contribution in [0.15, 0.2) is 18.2 Å². The Hall–Kier alpha value is -1.55. The standard InChI is InChI=1S/C8H5ClN2O2/c9-4-1-2-5-6(3-4)11-7(10-5)8(12)13/h1-3H,(H,10,11)(H,12,13). The molecule has 66 valence electrons. The lowest BCUT2D eigenvalue weighted by molar-refractivity contribution is 0.0685. The van der Waals surface area contributed by atoms with Gasteiger partial charge in [-0.25, -0.2) is 9.78 Å². The zero-order valence-corrected chi connectivity index (χ0v) is 7.17. The number of rotatable bonds is 1. The first-order valence-electron chi connectivity index (χ1n) is 3.55. The summed E-state index contributed by atoms with van der Waals surface area (Å²) in [5.41, 5.74) is 1.23. The molecule has 0 aliphatic heterocycles. The van der Waals surface area contributed by atoms with Crippen LogP contribution in [0.3, 0.4) is 0 Å². The van der Waals surface area contributed by atoms with E-state index in [9.17, 15) is 4.79 Å². The van der Waals surface area contributed by atoms with Gasteiger partial charge in [-0.2, -0.15) is 0 Å². The first-order valence-corrected chi connectivity index (χ1v) is 3.93. The molecule has 0 aliphatic rings. The Labute approximate surface area is 78.2 Å². The number of benzene rings is 1. The maximum absolute atomic E-state index is 10.5. The maximum atomic E-state index is 10.5. The van der Waals surface area contributed by atoms with E-state index in [0.29, 0.717) is 16.1 Å². The Bertz CT molecular complexity index is 478. The molecule has 2 aromatic rings. The van der Waals surface area contributed by atoms with Gasteiger partial charge >= 0.3 is 5.97 Å². The zero-order valence-electron chi connectivity index (χ0n) is 6.41. The van der Waals surface area contributed by atoms with Crippen LogP contribution in [0.1, 0.15) is 10.6 Å². The number of aromatic amines is 1. The molecule has 2 rings (SSSR count). The van der Waals surface area contributed by atoms with Crippen molar-refractivity contribution < 1.29 is 9.90 Å². The number of imidazole rings is 1. The van der Waals surface area contributed by atoms with Crippen LogP contribution in [0.4, 0.5) is 0 Å². The summed E-state index contributed by atoms with van der Waals surface area (Å²) in [6.07, 6.45) is 0. The minimum absolute atomic E-state index is 0.0720. The van der Waals surface area contributed by atoms with Crippen LogP contribution in [0.5, 0.6) is 0 Å². The van der Waals surface area contributed by atoms with E-state index in [4.69, 9.17) is 16.7 Å². The molecular formula is C8H5ClN2O2. The maximum Gasteiger partial charge on any atom is 0.371 e. The monoisotopic (exact) mass is 196 g/mol. The van der Waals surface area contributed by atoms with Crippen molar-refractivity contribution in [2.75, 3.05) is 0 Å². The molecule has 1 aromatic carbocycles. The highest BCUT2D eigenvalue weighted by Gasteiger charge is 2.08. The SMILES string of the molecule is O=C(O)c1nc2cc(Cl)ccc2[nH]1. The lowest BCUT2D eigenvalue weighted by atomic mass is 10.3. The summed E-state index contributed by atoms with van der Waals surface area (Å²) < 4.78 is 0. The van der Waals surface area contributed by atoms with Crippen molar-refractivity contribution in [1.82, 2.24) is 9.97 Å². The second-order valence-corrected chi connectivity index (χ2v) is 2.99. The Morgan fingerprint density at radius 3 is 3.00 bits per heavy atom. The summed E-state index contributed by atoms with van der Waals surface area (Å²) in [6.45, 7) is 0. The van der Waals surface area contributed by atoms with Gasteiger partial charge in [-0.3, -0.25) is 0 Å². The fraction of sp³-hybridized carbons (Fsp3) is 0. The molecule has 0 amide bonds. The number of carbonyl (C=O) groups is 1. The lowest BCUT2D eigenvalue weighted by Gasteiger charge is -1.86. The molecule has 4 nitrogen and oxygen atoms in total. The topological polar surface area (TPSA) is 66.0 Å². The number of fused-ring (bicyclic) bond motifs is 1. The lowest BCUT2D eigenvalue weighted by Crippen LogP contribution is -1.97. The number of halogens is 1. The second kappa shape index (κ2) is 2.74. The van der Waals surface area contributed by atoms with Gasteiger partial charge in [0.1, 0.15) is 0 Å². The third kappa shape index (κ3) is 1.36. The van der Waals surface area contributed by atoms with Gasteiger partial charge in [-0.15, -0.1) is 0 Å². The number of nitrogens with one attached hydrogen (secondary N) is 1. The molecule has 0 fully saturated rings. The highest BCUT2D eigenvalue weighted by molar-refractivity contribution is 6.31. The molecule has 5 heteroatoms. The summed E-state index contributed by atoms with van der Waals surface area (Å²) >= 11 is 5.71. The first-order chi connectivity index (χ1) is 6.16. The van der Waals surface area contributed by atoms with Crippen molar-refractivity contribution in [2.45, 2.75) is 0 Å². The van der Waals surface area contributed by atoms with Gasteiger partial charge in [0.25, 0.3) is 0 Å². The van der Waals surface area contributed by atoms with Crippen molar-refractivity contribution in [3.05, 3.63) is 29.0 Å². The fourth-order valence-electron chi connectivity index (χ4n) is 1.08. The molecule has 0 aliphatic carbocycles. The summed E-state index contributed by atoms with van der Waals surface area (Å²) in [5, 5.41) is 9.17. The Balaban J connectivity index is 2.68. The fourth-order valence-corrected chi connectivity index (χ4v) is 1.25. The number of H-pyrrole nitrogens is 1. The first kappa shape index (κ1) is 8.07. The molecular weight excluding hydrogens is 192 g/mol. The molecule has 13 heavy (non-hydrogen) atoms. The molecule has 0 spiro atoms. The Morgan fingerprint density at radius 2 is 2.31 bits per heavy atom. The van der Waals surface area contributed by atoms with E-state index in [0.717, 1.165) is 0 Å². The summed E-state index contributed by atoms with van der Waals surface area (Å²) in [4.78, 5) is 17.0. The van der Waals surface area contributed by atoms with Crippen molar-refractivity contribution in [2.24, 2.45) is 0 Å². The van der Waals surface area contributed by atoms with E-state index in [2.05, 4.69) is 9.97 Å². The van der Waals surface area contributed by atoms with Gasteiger partial charge in [-0.1, -0.05) is 11.6 Å². The van der Waals surface area contributed by atoms with Crippen LogP contribution in [0.2, 0.25) is 5.02 Å².